The first-order valence-corrected chi connectivity index (χ1v) is 12.8. The van der Waals surface area contributed by atoms with Crippen LogP contribution < -0.4 is 16.0 Å². The van der Waals surface area contributed by atoms with Crippen LogP contribution in [0, 0.1) is 11.8 Å². The minimum Gasteiger partial charge on any atom is -0.508 e. The molecule has 0 aromatic heterocycles. The van der Waals surface area contributed by atoms with Crippen LogP contribution in [-0.4, -0.2) is 48.4 Å². The van der Waals surface area contributed by atoms with Gasteiger partial charge in [-0.1, -0.05) is 25.1 Å². The zero-order valence-electron chi connectivity index (χ0n) is 21.3. The van der Waals surface area contributed by atoms with E-state index < -0.39 is 11.0 Å². The van der Waals surface area contributed by atoms with Crippen molar-refractivity contribution in [3.05, 3.63) is 53.3 Å². The standard InChI is InChI=1S/C28H43N3O3/c1-5-7-21(17-29-4)19-31-26(33)23-15-27(3,34)28(16-23,12-13-30-18-20-8-9-20)25-14-24(32)11-10-22(25)6-2/h5,7,10-11,14,17,20,23,29-30,32,34H,6,8-9,12-13,15-16,18-19H2,1-4H3,(H,31,33)/b7-5-,21-17+/t23?,27?,28-/m1/s1. The first-order chi connectivity index (χ1) is 16.3. The van der Waals surface area contributed by atoms with Crippen LogP contribution in [0.5, 0.6) is 5.75 Å². The highest BCUT2D eigenvalue weighted by molar-refractivity contribution is 5.80. The molecule has 188 valence electrons. The maximum Gasteiger partial charge on any atom is 0.223 e. The number of hydrogen-bond donors (Lipinski definition) is 5. The number of aliphatic hydroxyl groups is 1. The lowest BCUT2D eigenvalue weighted by molar-refractivity contribution is -0.125. The van der Waals surface area contributed by atoms with Gasteiger partial charge in [0, 0.05) is 31.1 Å². The van der Waals surface area contributed by atoms with Gasteiger partial charge in [0.2, 0.25) is 5.91 Å². The van der Waals surface area contributed by atoms with Crippen molar-refractivity contribution in [1.29, 1.82) is 0 Å². The highest BCUT2D eigenvalue weighted by Gasteiger charge is 2.57. The van der Waals surface area contributed by atoms with E-state index in [2.05, 4.69) is 22.9 Å². The Morgan fingerprint density at radius 2 is 2.03 bits per heavy atom. The molecular formula is C28H43N3O3. The van der Waals surface area contributed by atoms with Gasteiger partial charge in [-0.15, -0.1) is 0 Å². The molecule has 0 aliphatic heterocycles. The Balaban J connectivity index is 1.85. The minimum atomic E-state index is -1.07. The number of nitrogens with one attached hydrogen (secondary N) is 3. The van der Waals surface area contributed by atoms with Crippen molar-refractivity contribution >= 4 is 5.91 Å². The molecular weight excluding hydrogens is 426 g/mol. The van der Waals surface area contributed by atoms with Gasteiger partial charge < -0.3 is 26.2 Å². The number of aryl methyl sites for hydroxylation is 1. The average Bonchev–Trinajstić information content (AvgIpc) is 3.58. The first-order valence-electron chi connectivity index (χ1n) is 12.8. The van der Waals surface area contributed by atoms with E-state index in [0.29, 0.717) is 19.4 Å². The van der Waals surface area contributed by atoms with Crippen molar-refractivity contribution in [2.75, 3.05) is 26.7 Å². The Kier molecular flexibility index (Phi) is 8.83. The highest BCUT2D eigenvalue weighted by atomic mass is 16.3. The van der Waals surface area contributed by atoms with Gasteiger partial charge in [-0.05, 0) is 100 Å². The zero-order valence-corrected chi connectivity index (χ0v) is 21.3. The number of carbonyl (C=O) groups excluding carboxylic acids is 1. The van der Waals surface area contributed by atoms with Gasteiger partial charge in [0.1, 0.15) is 5.75 Å². The van der Waals surface area contributed by atoms with Gasteiger partial charge in [0.05, 0.1) is 5.60 Å². The molecule has 0 heterocycles. The SMILES string of the molecule is C/C=C\C(=C/NC)CNC(=O)C1CC(C)(O)[C@@](CCNCC2CC2)(c2cc(O)ccc2CC)C1. The number of hydrogen-bond acceptors (Lipinski definition) is 5. The van der Waals surface area contributed by atoms with E-state index >= 15 is 0 Å². The van der Waals surface area contributed by atoms with E-state index in [-0.39, 0.29) is 17.6 Å². The van der Waals surface area contributed by atoms with Crippen LogP contribution in [0.15, 0.2) is 42.1 Å². The Morgan fingerprint density at radius 1 is 1.26 bits per heavy atom. The molecule has 2 fully saturated rings. The summed E-state index contributed by atoms with van der Waals surface area (Å²) in [5.74, 6) is 0.654. The molecule has 0 radical (unpaired) electrons. The molecule has 6 nitrogen and oxygen atoms in total. The summed E-state index contributed by atoms with van der Waals surface area (Å²) >= 11 is 0. The molecule has 0 spiro atoms. The van der Waals surface area contributed by atoms with Crippen molar-refractivity contribution < 1.29 is 15.0 Å². The van der Waals surface area contributed by atoms with Crippen LogP contribution in [0.3, 0.4) is 0 Å². The van der Waals surface area contributed by atoms with E-state index in [0.717, 1.165) is 48.5 Å². The number of allylic oxidation sites excluding steroid dienone is 1. The minimum absolute atomic E-state index is 0.0298. The van der Waals surface area contributed by atoms with Crippen LogP contribution in [-0.2, 0) is 16.6 Å². The Morgan fingerprint density at radius 3 is 2.68 bits per heavy atom. The van der Waals surface area contributed by atoms with Crippen molar-refractivity contribution in [2.24, 2.45) is 11.8 Å². The second kappa shape index (κ2) is 11.4. The average molecular weight is 470 g/mol. The molecule has 1 aromatic rings. The summed E-state index contributed by atoms with van der Waals surface area (Å²) in [6.45, 7) is 8.14. The molecule has 1 amide bonds. The summed E-state index contributed by atoms with van der Waals surface area (Å²) in [6, 6.07) is 5.49. The summed E-state index contributed by atoms with van der Waals surface area (Å²) in [5, 5.41) is 31.9. The fraction of sp³-hybridized carbons (Fsp3) is 0.607. The Labute approximate surface area is 204 Å². The van der Waals surface area contributed by atoms with Gasteiger partial charge >= 0.3 is 0 Å². The van der Waals surface area contributed by atoms with Crippen molar-refractivity contribution in [2.45, 2.75) is 70.3 Å². The maximum atomic E-state index is 13.3. The van der Waals surface area contributed by atoms with Crippen LogP contribution in [0.2, 0.25) is 0 Å². The van der Waals surface area contributed by atoms with Crippen LogP contribution in [0.4, 0.5) is 0 Å². The van der Waals surface area contributed by atoms with Crippen LogP contribution in [0.1, 0.15) is 64.0 Å². The van der Waals surface area contributed by atoms with Gasteiger partial charge in [-0.2, -0.15) is 0 Å². The number of phenolic OH excluding ortho intramolecular Hbond substituents is 1. The Bertz CT molecular complexity index is 904. The fourth-order valence-electron chi connectivity index (χ4n) is 5.62. The summed E-state index contributed by atoms with van der Waals surface area (Å²) in [4.78, 5) is 13.3. The summed E-state index contributed by atoms with van der Waals surface area (Å²) in [7, 11) is 1.84. The largest absolute Gasteiger partial charge is 0.508 e. The summed E-state index contributed by atoms with van der Waals surface area (Å²) in [5.41, 5.74) is 1.41. The third-order valence-corrected chi connectivity index (χ3v) is 7.67. The predicted octanol–water partition coefficient (Wildman–Crippen LogP) is 3.54. The molecule has 3 rings (SSSR count). The summed E-state index contributed by atoms with van der Waals surface area (Å²) in [6.07, 6.45) is 10.9. The number of phenols is 1. The number of carbonyl (C=O) groups is 1. The second-order valence-electron chi connectivity index (χ2n) is 10.3. The molecule has 0 bridgehead atoms. The smallest absolute Gasteiger partial charge is 0.223 e. The lowest BCUT2D eigenvalue weighted by Gasteiger charge is -2.42. The van der Waals surface area contributed by atoms with Crippen molar-refractivity contribution in [1.82, 2.24) is 16.0 Å². The van der Waals surface area contributed by atoms with E-state index in [1.807, 2.05) is 51.4 Å². The monoisotopic (exact) mass is 469 g/mol. The Hall–Kier alpha value is -2.31. The first kappa shape index (κ1) is 26.3. The van der Waals surface area contributed by atoms with Gasteiger partial charge in [0.15, 0.2) is 0 Å². The number of benzene rings is 1. The van der Waals surface area contributed by atoms with Crippen molar-refractivity contribution in [3.8, 4) is 5.75 Å². The fourth-order valence-corrected chi connectivity index (χ4v) is 5.62. The third-order valence-electron chi connectivity index (χ3n) is 7.67. The molecule has 5 N–H and O–H groups in total. The molecule has 6 heteroatoms. The number of amides is 1. The molecule has 34 heavy (non-hydrogen) atoms. The van der Waals surface area contributed by atoms with Gasteiger partial charge in [-0.25, -0.2) is 0 Å². The third kappa shape index (κ3) is 6.02. The van der Waals surface area contributed by atoms with E-state index in [1.54, 1.807) is 6.07 Å². The lowest BCUT2D eigenvalue weighted by atomic mass is 9.66. The topological polar surface area (TPSA) is 93.6 Å². The second-order valence-corrected chi connectivity index (χ2v) is 10.3. The zero-order chi connectivity index (χ0) is 24.8. The van der Waals surface area contributed by atoms with Crippen LogP contribution >= 0.6 is 0 Å². The van der Waals surface area contributed by atoms with Gasteiger partial charge in [-0.3, -0.25) is 4.79 Å². The molecule has 2 saturated carbocycles. The molecule has 3 atom stereocenters. The number of rotatable bonds is 12. The maximum absolute atomic E-state index is 13.3. The predicted molar refractivity (Wildman–Crippen MR) is 138 cm³/mol. The van der Waals surface area contributed by atoms with E-state index in [1.165, 1.54) is 12.8 Å². The van der Waals surface area contributed by atoms with Crippen LogP contribution in [0.25, 0.3) is 0 Å². The van der Waals surface area contributed by atoms with Gasteiger partial charge in [0.25, 0.3) is 0 Å². The number of aromatic hydroxyl groups is 1. The molecule has 2 aliphatic rings. The molecule has 2 unspecified atom stereocenters. The summed E-state index contributed by atoms with van der Waals surface area (Å²) < 4.78 is 0. The highest BCUT2D eigenvalue weighted by Crippen LogP contribution is 2.54. The van der Waals surface area contributed by atoms with E-state index in [9.17, 15) is 15.0 Å². The van der Waals surface area contributed by atoms with E-state index in [4.69, 9.17) is 0 Å². The molecule has 2 aliphatic carbocycles. The molecule has 1 aromatic carbocycles. The lowest BCUT2D eigenvalue weighted by Crippen LogP contribution is -2.47. The normalized spacial score (nSPS) is 27.3. The quantitative estimate of drug-likeness (QED) is 0.239. The molecule has 0 saturated heterocycles. The van der Waals surface area contributed by atoms with Crippen molar-refractivity contribution in [3.63, 3.8) is 0 Å².